The second-order valence-corrected chi connectivity index (χ2v) is 6.81. The Balaban J connectivity index is 1.88. The van der Waals surface area contributed by atoms with Crippen molar-refractivity contribution >= 4 is 21.6 Å². The molecule has 2 aliphatic rings. The van der Waals surface area contributed by atoms with E-state index in [1.54, 1.807) is 12.1 Å². The average Bonchev–Trinajstić information content (AvgIpc) is 2.87. The van der Waals surface area contributed by atoms with E-state index in [9.17, 15) is 8.42 Å². The molecule has 0 aliphatic carbocycles. The molecule has 7 heteroatoms. The molecule has 0 saturated carbocycles. The molecule has 98 valence electrons. The smallest absolute Gasteiger partial charge is 0.231 e. The van der Waals surface area contributed by atoms with Crippen molar-refractivity contribution in [3.63, 3.8) is 0 Å². The Bertz CT molecular complexity index is 587. The third kappa shape index (κ3) is 2.04. The molecule has 0 unspecified atom stereocenters. The van der Waals surface area contributed by atoms with E-state index in [0.717, 1.165) is 5.56 Å². The lowest BCUT2D eigenvalue weighted by atomic mass is 10.2. The van der Waals surface area contributed by atoms with Crippen LogP contribution in [0.3, 0.4) is 0 Å². The van der Waals surface area contributed by atoms with E-state index in [1.807, 2.05) is 0 Å². The van der Waals surface area contributed by atoms with Gasteiger partial charge in [0, 0.05) is 13.1 Å². The minimum atomic E-state index is -3.09. The van der Waals surface area contributed by atoms with Crippen LogP contribution in [-0.2, 0) is 16.6 Å². The first-order valence-electron chi connectivity index (χ1n) is 5.62. The van der Waals surface area contributed by atoms with E-state index in [1.165, 1.54) is 4.31 Å². The minimum absolute atomic E-state index is 0.153. The molecule has 0 aromatic heterocycles. The normalized spacial score (nSPS) is 21.4. The van der Waals surface area contributed by atoms with E-state index in [-0.39, 0.29) is 12.5 Å². The summed E-state index contributed by atoms with van der Waals surface area (Å²) >= 11 is 6.06. The Labute approximate surface area is 110 Å². The van der Waals surface area contributed by atoms with Gasteiger partial charge in [-0.2, -0.15) is 4.31 Å². The fourth-order valence-corrected chi connectivity index (χ4v) is 3.98. The molecule has 1 aromatic carbocycles. The Morgan fingerprint density at radius 3 is 2.89 bits per heavy atom. The topological polar surface area (TPSA) is 55.8 Å². The number of hydrogen-bond acceptors (Lipinski definition) is 4. The second-order valence-electron chi connectivity index (χ2n) is 4.31. The summed E-state index contributed by atoms with van der Waals surface area (Å²) in [6.45, 7) is 1.05. The highest BCUT2D eigenvalue weighted by atomic mass is 35.5. The van der Waals surface area contributed by atoms with E-state index in [4.69, 9.17) is 21.1 Å². The Morgan fingerprint density at radius 2 is 2.17 bits per heavy atom. The molecule has 0 spiro atoms. The van der Waals surface area contributed by atoms with Crippen LogP contribution in [0.15, 0.2) is 12.1 Å². The molecular weight excluding hydrogens is 278 g/mol. The molecule has 1 saturated heterocycles. The molecule has 0 atom stereocenters. The highest BCUT2D eigenvalue weighted by Crippen LogP contribution is 2.40. The highest BCUT2D eigenvalue weighted by molar-refractivity contribution is 7.89. The number of hydrogen-bond donors (Lipinski definition) is 0. The Morgan fingerprint density at radius 1 is 1.33 bits per heavy atom. The first kappa shape index (κ1) is 12.1. The molecule has 18 heavy (non-hydrogen) atoms. The maximum atomic E-state index is 11.7. The van der Waals surface area contributed by atoms with Gasteiger partial charge in [-0.15, -0.1) is 0 Å². The molecule has 3 rings (SSSR count). The van der Waals surface area contributed by atoms with Gasteiger partial charge >= 0.3 is 0 Å². The van der Waals surface area contributed by atoms with Gasteiger partial charge in [-0.05, 0) is 24.1 Å². The van der Waals surface area contributed by atoms with Crippen LogP contribution in [0.5, 0.6) is 11.5 Å². The molecule has 2 aliphatic heterocycles. The zero-order valence-electron chi connectivity index (χ0n) is 9.56. The summed E-state index contributed by atoms with van der Waals surface area (Å²) in [4.78, 5) is 0. The molecule has 0 N–H and O–H groups in total. The summed E-state index contributed by atoms with van der Waals surface area (Å²) in [5.41, 5.74) is 0.815. The van der Waals surface area contributed by atoms with Crippen molar-refractivity contribution < 1.29 is 17.9 Å². The van der Waals surface area contributed by atoms with Gasteiger partial charge in [0.25, 0.3) is 0 Å². The van der Waals surface area contributed by atoms with Crippen molar-refractivity contribution in [3.05, 3.63) is 22.7 Å². The number of ether oxygens (including phenoxy) is 2. The Hall–Kier alpha value is -0.980. The van der Waals surface area contributed by atoms with Crippen molar-refractivity contribution in [2.45, 2.75) is 13.0 Å². The lowest BCUT2D eigenvalue weighted by molar-refractivity contribution is 0.174. The third-order valence-electron chi connectivity index (χ3n) is 3.05. The molecule has 5 nitrogen and oxygen atoms in total. The van der Waals surface area contributed by atoms with Crippen LogP contribution < -0.4 is 9.47 Å². The van der Waals surface area contributed by atoms with E-state index >= 15 is 0 Å². The first-order chi connectivity index (χ1) is 8.56. The summed E-state index contributed by atoms with van der Waals surface area (Å²) in [5, 5.41) is 0.455. The quantitative estimate of drug-likeness (QED) is 0.830. The zero-order valence-corrected chi connectivity index (χ0v) is 11.1. The standard InChI is InChI=1S/C11H12ClNO4S/c12-9-4-8(5-10-11(9)17-7-16-10)6-13-2-1-3-18(13,14)15/h4-5H,1-3,6-7H2. The minimum Gasteiger partial charge on any atom is -0.454 e. The largest absolute Gasteiger partial charge is 0.454 e. The summed E-state index contributed by atoms with van der Waals surface area (Å²) < 4.78 is 35.4. The summed E-state index contributed by atoms with van der Waals surface area (Å²) in [6.07, 6.45) is 0.681. The van der Waals surface area contributed by atoms with Crippen LogP contribution in [0.2, 0.25) is 5.02 Å². The molecule has 2 heterocycles. The van der Waals surface area contributed by atoms with Crippen LogP contribution in [0, 0.1) is 0 Å². The van der Waals surface area contributed by atoms with E-state index in [0.29, 0.717) is 36.0 Å². The lowest BCUT2D eigenvalue weighted by Crippen LogP contribution is -2.25. The number of sulfonamides is 1. The number of benzene rings is 1. The van der Waals surface area contributed by atoms with Crippen molar-refractivity contribution in [1.29, 1.82) is 0 Å². The van der Waals surface area contributed by atoms with Crippen LogP contribution in [0.4, 0.5) is 0 Å². The third-order valence-corrected chi connectivity index (χ3v) is 5.23. The van der Waals surface area contributed by atoms with Crippen LogP contribution >= 0.6 is 11.6 Å². The maximum Gasteiger partial charge on any atom is 0.231 e. The number of rotatable bonds is 2. The SMILES string of the molecule is O=S1(=O)CCCN1Cc1cc(Cl)c2c(c1)OCO2. The van der Waals surface area contributed by atoms with Gasteiger partial charge in [-0.25, -0.2) is 8.42 Å². The maximum absolute atomic E-state index is 11.7. The van der Waals surface area contributed by atoms with Crippen molar-refractivity contribution in [3.8, 4) is 11.5 Å². The van der Waals surface area contributed by atoms with Crippen molar-refractivity contribution in [2.75, 3.05) is 19.1 Å². The molecule has 1 fully saturated rings. The molecule has 0 bridgehead atoms. The predicted octanol–water partition coefficient (Wildman–Crippen LogP) is 1.60. The van der Waals surface area contributed by atoms with Crippen molar-refractivity contribution in [1.82, 2.24) is 4.31 Å². The lowest BCUT2D eigenvalue weighted by Gasteiger charge is -2.14. The van der Waals surface area contributed by atoms with E-state index < -0.39 is 10.0 Å². The van der Waals surface area contributed by atoms with Gasteiger partial charge in [0.15, 0.2) is 11.5 Å². The summed E-state index contributed by atoms with van der Waals surface area (Å²) in [6, 6.07) is 3.50. The van der Waals surface area contributed by atoms with Gasteiger partial charge in [0.05, 0.1) is 10.8 Å². The van der Waals surface area contributed by atoms with Gasteiger partial charge in [-0.1, -0.05) is 11.6 Å². The number of halogens is 1. The monoisotopic (exact) mass is 289 g/mol. The molecule has 0 amide bonds. The fraction of sp³-hybridized carbons (Fsp3) is 0.455. The number of nitrogens with zero attached hydrogens (tertiary/aromatic N) is 1. The van der Waals surface area contributed by atoms with Gasteiger partial charge in [0.2, 0.25) is 16.8 Å². The number of fused-ring (bicyclic) bond motifs is 1. The van der Waals surface area contributed by atoms with Gasteiger partial charge < -0.3 is 9.47 Å². The first-order valence-corrected chi connectivity index (χ1v) is 7.61. The highest BCUT2D eigenvalue weighted by Gasteiger charge is 2.29. The van der Waals surface area contributed by atoms with E-state index in [2.05, 4.69) is 0 Å². The molecule has 1 aromatic rings. The van der Waals surface area contributed by atoms with Crippen LogP contribution in [-0.4, -0.2) is 31.8 Å². The summed E-state index contributed by atoms with van der Waals surface area (Å²) in [7, 11) is -3.09. The predicted molar refractivity (Wildman–Crippen MR) is 66.4 cm³/mol. The van der Waals surface area contributed by atoms with Crippen LogP contribution in [0.1, 0.15) is 12.0 Å². The van der Waals surface area contributed by atoms with Gasteiger partial charge in [0.1, 0.15) is 0 Å². The fourth-order valence-electron chi connectivity index (χ4n) is 2.18. The molecule has 0 radical (unpaired) electrons. The second kappa shape index (κ2) is 4.29. The Kier molecular flexibility index (Phi) is 2.88. The van der Waals surface area contributed by atoms with Crippen LogP contribution in [0.25, 0.3) is 0 Å². The molecular formula is C11H12ClNO4S. The van der Waals surface area contributed by atoms with Gasteiger partial charge in [-0.3, -0.25) is 0 Å². The van der Waals surface area contributed by atoms with Crippen molar-refractivity contribution in [2.24, 2.45) is 0 Å². The average molecular weight is 290 g/mol. The summed E-state index contributed by atoms with van der Waals surface area (Å²) in [5.74, 6) is 1.34. The zero-order chi connectivity index (χ0) is 12.8.